The number of aryl methyl sites for hydroxylation is 1. The van der Waals surface area contributed by atoms with Gasteiger partial charge in [-0.1, -0.05) is 24.3 Å². The highest BCUT2D eigenvalue weighted by Crippen LogP contribution is 2.31. The van der Waals surface area contributed by atoms with E-state index in [9.17, 15) is 13.6 Å². The van der Waals surface area contributed by atoms with Crippen LogP contribution in [0.3, 0.4) is 0 Å². The van der Waals surface area contributed by atoms with Crippen molar-refractivity contribution >= 4 is 11.6 Å². The van der Waals surface area contributed by atoms with E-state index < -0.39 is 17.7 Å². The quantitative estimate of drug-likeness (QED) is 0.905. The predicted octanol–water partition coefficient (Wildman–Crippen LogP) is 3.57. The molecule has 0 aromatic heterocycles. The first kappa shape index (κ1) is 15.6. The van der Waals surface area contributed by atoms with E-state index in [4.69, 9.17) is 0 Å². The van der Waals surface area contributed by atoms with Crippen LogP contribution < -0.4 is 10.6 Å². The third-order valence-corrected chi connectivity index (χ3v) is 4.16. The van der Waals surface area contributed by atoms with Gasteiger partial charge in [0.1, 0.15) is 0 Å². The van der Waals surface area contributed by atoms with Crippen molar-refractivity contribution in [1.82, 2.24) is 5.32 Å². The molecule has 3 nitrogen and oxygen atoms in total. The molecule has 2 N–H and O–H groups in total. The van der Waals surface area contributed by atoms with Crippen molar-refractivity contribution < 1.29 is 13.6 Å². The average molecular weight is 316 g/mol. The topological polar surface area (TPSA) is 41.1 Å². The Labute approximate surface area is 133 Å². The van der Waals surface area contributed by atoms with Gasteiger partial charge < -0.3 is 5.32 Å². The minimum atomic E-state index is -0.979. The highest BCUT2D eigenvalue weighted by molar-refractivity contribution is 5.94. The number of benzene rings is 2. The molecule has 23 heavy (non-hydrogen) atoms. The Hall–Kier alpha value is -2.27. The summed E-state index contributed by atoms with van der Waals surface area (Å²) in [7, 11) is 0. The second kappa shape index (κ2) is 6.46. The molecule has 2 aromatic rings. The van der Waals surface area contributed by atoms with Crippen LogP contribution in [0.5, 0.6) is 0 Å². The molecular formula is C18H18F2N2O. The summed E-state index contributed by atoms with van der Waals surface area (Å²) in [5.74, 6) is -2.19. The number of rotatable bonds is 4. The zero-order valence-corrected chi connectivity index (χ0v) is 12.8. The SMILES string of the molecule is CC(NC1CCc2ccccc21)C(=O)Nc1ccc(F)c(F)c1. The third-order valence-electron chi connectivity index (χ3n) is 4.16. The van der Waals surface area contributed by atoms with Gasteiger partial charge in [-0.15, -0.1) is 0 Å². The number of amides is 1. The highest BCUT2D eigenvalue weighted by Gasteiger charge is 2.25. The Morgan fingerprint density at radius 3 is 2.74 bits per heavy atom. The summed E-state index contributed by atoms with van der Waals surface area (Å²) in [5, 5.41) is 5.90. The first-order chi connectivity index (χ1) is 11.0. The van der Waals surface area contributed by atoms with Gasteiger partial charge in [-0.2, -0.15) is 0 Å². The molecule has 2 aromatic carbocycles. The summed E-state index contributed by atoms with van der Waals surface area (Å²) in [5.41, 5.74) is 2.77. The van der Waals surface area contributed by atoms with Gasteiger partial charge in [0.15, 0.2) is 11.6 Å². The Bertz CT molecular complexity index is 733. The number of carbonyl (C=O) groups is 1. The van der Waals surface area contributed by atoms with Crippen molar-refractivity contribution in [3.05, 3.63) is 65.2 Å². The van der Waals surface area contributed by atoms with Gasteiger partial charge in [0, 0.05) is 17.8 Å². The molecule has 0 fully saturated rings. The van der Waals surface area contributed by atoms with E-state index in [-0.39, 0.29) is 17.6 Å². The fraction of sp³-hybridized carbons (Fsp3) is 0.278. The van der Waals surface area contributed by atoms with Crippen molar-refractivity contribution in [2.75, 3.05) is 5.32 Å². The lowest BCUT2D eigenvalue weighted by Crippen LogP contribution is -2.39. The smallest absolute Gasteiger partial charge is 0.241 e. The van der Waals surface area contributed by atoms with Crippen molar-refractivity contribution in [3.8, 4) is 0 Å². The lowest BCUT2D eigenvalue weighted by Gasteiger charge is -2.20. The van der Waals surface area contributed by atoms with Crippen LogP contribution in [-0.2, 0) is 11.2 Å². The number of carbonyl (C=O) groups excluding carboxylic acids is 1. The molecule has 0 saturated heterocycles. The maximum atomic E-state index is 13.2. The lowest BCUT2D eigenvalue weighted by molar-refractivity contribution is -0.118. The molecule has 0 bridgehead atoms. The Balaban J connectivity index is 1.63. The molecule has 2 atom stereocenters. The fourth-order valence-corrected chi connectivity index (χ4v) is 2.93. The number of halogens is 2. The van der Waals surface area contributed by atoms with Crippen LogP contribution in [0.25, 0.3) is 0 Å². The van der Waals surface area contributed by atoms with Crippen molar-refractivity contribution in [1.29, 1.82) is 0 Å². The molecule has 2 unspecified atom stereocenters. The lowest BCUT2D eigenvalue weighted by atomic mass is 10.1. The van der Waals surface area contributed by atoms with Gasteiger partial charge in [0.05, 0.1) is 6.04 Å². The van der Waals surface area contributed by atoms with Crippen LogP contribution in [0.4, 0.5) is 14.5 Å². The van der Waals surface area contributed by atoms with E-state index in [1.165, 1.54) is 17.2 Å². The Morgan fingerprint density at radius 1 is 1.17 bits per heavy atom. The largest absolute Gasteiger partial charge is 0.325 e. The molecule has 1 amide bonds. The molecule has 0 radical (unpaired) electrons. The zero-order valence-electron chi connectivity index (χ0n) is 12.8. The van der Waals surface area contributed by atoms with Gasteiger partial charge >= 0.3 is 0 Å². The second-order valence-corrected chi connectivity index (χ2v) is 5.80. The second-order valence-electron chi connectivity index (χ2n) is 5.80. The van der Waals surface area contributed by atoms with Crippen molar-refractivity contribution in [2.24, 2.45) is 0 Å². The van der Waals surface area contributed by atoms with E-state index in [2.05, 4.69) is 22.8 Å². The number of nitrogens with one attached hydrogen (secondary N) is 2. The number of hydrogen-bond donors (Lipinski definition) is 2. The first-order valence-corrected chi connectivity index (χ1v) is 7.64. The summed E-state index contributed by atoms with van der Waals surface area (Å²) < 4.78 is 26.1. The molecular weight excluding hydrogens is 298 g/mol. The predicted molar refractivity (Wildman–Crippen MR) is 85.1 cm³/mol. The Kier molecular flexibility index (Phi) is 4.39. The maximum Gasteiger partial charge on any atom is 0.241 e. The summed E-state index contributed by atoms with van der Waals surface area (Å²) in [6, 6.07) is 11.2. The van der Waals surface area contributed by atoms with Crippen LogP contribution >= 0.6 is 0 Å². The molecule has 0 saturated carbocycles. The first-order valence-electron chi connectivity index (χ1n) is 7.64. The normalized spacial score (nSPS) is 17.6. The van der Waals surface area contributed by atoms with E-state index in [1.54, 1.807) is 6.92 Å². The van der Waals surface area contributed by atoms with Gasteiger partial charge in [-0.25, -0.2) is 8.78 Å². The summed E-state index contributed by atoms with van der Waals surface area (Å²) in [6.45, 7) is 1.76. The van der Waals surface area contributed by atoms with Crippen molar-refractivity contribution in [2.45, 2.75) is 31.8 Å². The minimum Gasteiger partial charge on any atom is -0.325 e. The standard InChI is InChI=1S/C18H18F2N2O/c1-11(18(23)22-13-7-8-15(19)16(20)10-13)21-17-9-6-12-4-2-3-5-14(12)17/h2-5,7-8,10-11,17,21H,6,9H2,1H3,(H,22,23). The molecule has 3 rings (SSSR count). The Morgan fingerprint density at radius 2 is 1.96 bits per heavy atom. The molecule has 0 spiro atoms. The number of fused-ring (bicyclic) bond motifs is 1. The highest BCUT2D eigenvalue weighted by atomic mass is 19.2. The van der Waals surface area contributed by atoms with E-state index in [1.807, 2.05) is 12.1 Å². The molecule has 1 aliphatic carbocycles. The monoisotopic (exact) mass is 316 g/mol. The van der Waals surface area contributed by atoms with Crippen molar-refractivity contribution in [3.63, 3.8) is 0 Å². The van der Waals surface area contributed by atoms with Gasteiger partial charge in [0.25, 0.3) is 0 Å². The van der Waals surface area contributed by atoms with Crippen LogP contribution in [0.15, 0.2) is 42.5 Å². The molecule has 120 valence electrons. The molecule has 5 heteroatoms. The van der Waals surface area contributed by atoms with Crippen LogP contribution in [-0.4, -0.2) is 11.9 Å². The van der Waals surface area contributed by atoms with Crippen LogP contribution in [0.1, 0.15) is 30.5 Å². The van der Waals surface area contributed by atoms with Gasteiger partial charge in [-0.05, 0) is 43.0 Å². The van der Waals surface area contributed by atoms with Crippen LogP contribution in [0.2, 0.25) is 0 Å². The van der Waals surface area contributed by atoms with Crippen LogP contribution in [0, 0.1) is 11.6 Å². The third kappa shape index (κ3) is 3.40. The maximum absolute atomic E-state index is 13.2. The summed E-state index contributed by atoms with van der Waals surface area (Å²) in [4.78, 5) is 12.2. The number of anilines is 1. The average Bonchev–Trinajstić information content (AvgIpc) is 2.94. The molecule has 1 aliphatic rings. The minimum absolute atomic E-state index is 0.136. The zero-order chi connectivity index (χ0) is 16.4. The van der Waals surface area contributed by atoms with E-state index in [0.29, 0.717) is 0 Å². The fourth-order valence-electron chi connectivity index (χ4n) is 2.93. The number of hydrogen-bond acceptors (Lipinski definition) is 2. The summed E-state index contributed by atoms with van der Waals surface area (Å²) in [6.07, 6.45) is 1.94. The molecule has 0 aliphatic heterocycles. The molecule has 0 heterocycles. The van der Waals surface area contributed by atoms with E-state index in [0.717, 1.165) is 25.0 Å². The summed E-state index contributed by atoms with van der Waals surface area (Å²) >= 11 is 0. The van der Waals surface area contributed by atoms with Gasteiger partial charge in [-0.3, -0.25) is 10.1 Å². The van der Waals surface area contributed by atoms with E-state index >= 15 is 0 Å². The van der Waals surface area contributed by atoms with Gasteiger partial charge in [0.2, 0.25) is 5.91 Å².